The van der Waals surface area contributed by atoms with Gasteiger partial charge in [-0.25, -0.2) is 0 Å². The number of benzene rings is 1. The van der Waals surface area contributed by atoms with E-state index in [4.69, 9.17) is 9.72 Å². The van der Waals surface area contributed by atoms with E-state index in [1.165, 1.54) is 30.6 Å². The van der Waals surface area contributed by atoms with Gasteiger partial charge in [0.15, 0.2) is 0 Å². The number of hydrogen-bond donors (Lipinski definition) is 0. The Hall–Kier alpha value is -2.40. The van der Waals surface area contributed by atoms with Gasteiger partial charge in [-0.05, 0) is 62.1 Å². The average Bonchev–Trinajstić information content (AvgIpc) is 2.79. The van der Waals surface area contributed by atoms with Crippen molar-refractivity contribution in [2.45, 2.75) is 51.0 Å². The molecule has 0 radical (unpaired) electrons. The van der Waals surface area contributed by atoms with Crippen LogP contribution in [0, 0.1) is 0 Å². The Morgan fingerprint density at radius 3 is 2.67 bits per heavy atom. The molecule has 0 spiro atoms. The third kappa shape index (κ3) is 5.01. The van der Waals surface area contributed by atoms with Crippen molar-refractivity contribution < 1.29 is 9.53 Å². The van der Waals surface area contributed by atoms with Gasteiger partial charge in [0.05, 0.1) is 7.11 Å². The fraction of sp³-hybridized carbons (Fsp3) is 0.520. The van der Waals surface area contributed by atoms with Crippen molar-refractivity contribution in [1.29, 1.82) is 0 Å². The maximum atomic E-state index is 11.6. The minimum absolute atomic E-state index is 0.210. The van der Waals surface area contributed by atoms with Gasteiger partial charge in [0.2, 0.25) is 5.91 Å². The molecule has 2 aromatic rings. The number of aromatic nitrogens is 1. The van der Waals surface area contributed by atoms with Gasteiger partial charge < -0.3 is 9.64 Å². The molecule has 1 amide bonds. The maximum Gasteiger partial charge on any atom is 0.219 e. The maximum absolute atomic E-state index is 11.6. The Morgan fingerprint density at radius 1 is 1.10 bits per heavy atom. The molecule has 3 heterocycles. The minimum atomic E-state index is 0.210. The molecule has 160 valence electrons. The summed E-state index contributed by atoms with van der Waals surface area (Å²) in [5, 5.41) is 0. The number of piperidine rings is 2. The molecule has 2 aliphatic heterocycles. The fourth-order valence-corrected chi connectivity index (χ4v) is 4.94. The van der Waals surface area contributed by atoms with E-state index in [0.717, 1.165) is 50.3 Å². The standard InChI is InChI=1S/C25H33N3O2/c1-19(29)27-14-11-23(12-15-27)28-13-5-7-21(18-28)25-10-4-8-22(26-25)16-20-6-3-9-24(17-20)30-2/h3-4,6,8-10,17,21,23H,5,7,11-16,18H2,1-2H3/t21-/m0/s1. The second-order valence-corrected chi connectivity index (χ2v) is 8.65. The third-order valence-electron chi connectivity index (χ3n) is 6.64. The molecule has 0 saturated carbocycles. The van der Waals surface area contributed by atoms with E-state index in [1.807, 2.05) is 17.0 Å². The number of carbonyl (C=O) groups excluding carboxylic acids is 1. The number of rotatable bonds is 5. The lowest BCUT2D eigenvalue weighted by Crippen LogP contribution is -2.49. The topological polar surface area (TPSA) is 45.7 Å². The van der Waals surface area contributed by atoms with Crippen LogP contribution in [0.4, 0.5) is 0 Å². The number of amides is 1. The van der Waals surface area contributed by atoms with Crippen LogP contribution in [0.2, 0.25) is 0 Å². The quantitative estimate of drug-likeness (QED) is 0.755. The molecule has 0 aliphatic carbocycles. The van der Waals surface area contributed by atoms with Crippen LogP contribution in [0.3, 0.4) is 0 Å². The highest BCUT2D eigenvalue weighted by molar-refractivity contribution is 5.73. The van der Waals surface area contributed by atoms with Crippen molar-refractivity contribution in [1.82, 2.24) is 14.8 Å². The lowest BCUT2D eigenvalue weighted by molar-refractivity contribution is -0.130. The first-order chi connectivity index (χ1) is 14.6. The van der Waals surface area contributed by atoms with Gasteiger partial charge in [0.25, 0.3) is 0 Å². The summed E-state index contributed by atoms with van der Waals surface area (Å²) in [6.45, 7) is 5.73. The van der Waals surface area contributed by atoms with Gasteiger partial charge in [-0.2, -0.15) is 0 Å². The van der Waals surface area contributed by atoms with Crippen LogP contribution in [-0.2, 0) is 11.2 Å². The van der Waals surface area contributed by atoms with E-state index < -0.39 is 0 Å². The number of carbonyl (C=O) groups is 1. The van der Waals surface area contributed by atoms with Gasteiger partial charge in [-0.1, -0.05) is 18.2 Å². The van der Waals surface area contributed by atoms with Gasteiger partial charge in [-0.15, -0.1) is 0 Å². The van der Waals surface area contributed by atoms with Crippen LogP contribution in [0.5, 0.6) is 5.75 Å². The number of methoxy groups -OCH3 is 1. The van der Waals surface area contributed by atoms with E-state index in [9.17, 15) is 4.79 Å². The minimum Gasteiger partial charge on any atom is -0.497 e. The highest BCUT2D eigenvalue weighted by Gasteiger charge is 2.30. The molecular weight excluding hydrogens is 374 g/mol. The normalized spacial score (nSPS) is 20.9. The van der Waals surface area contributed by atoms with Crippen LogP contribution >= 0.6 is 0 Å². The Balaban J connectivity index is 1.40. The molecule has 30 heavy (non-hydrogen) atoms. The summed E-state index contributed by atoms with van der Waals surface area (Å²) < 4.78 is 5.35. The van der Waals surface area contributed by atoms with Crippen molar-refractivity contribution in [2.24, 2.45) is 0 Å². The lowest BCUT2D eigenvalue weighted by Gasteiger charge is -2.42. The molecule has 0 N–H and O–H groups in total. The van der Waals surface area contributed by atoms with Crippen LogP contribution in [-0.4, -0.2) is 60.0 Å². The molecule has 1 atom stereocenters. The first-order valence-electron chi connectivity index (χ1n) is 11.2. The first kappa shape index (κ1) is 20.9. The number of ether oxygens (including phenoxy) is 1. The van der Waals surface area contributed by atoms with E-state index in [0.29, 0.717) is 12.0 Å². The predicted octanol–water partition coefficient (Wildman–Crippen LogP) is 3.87. The van der Waals surface area contributed by atoms with E-state index in [1.54, 1.807) is 14.0 Å². The monoisotopic (exact) mass is 407 g/mol. The van der Waals surface area contributed by atoms with Crippen LogP contribution in [0.15, 0.2) is 42.5 Å². The third-order valence-corrected chi connectivity index (χ3v) is 6.64. The largest absolute Gasteiger partial charge is 0.497 e. The molecule has 2 fully saturated rings. The van der Waals surface area contributed by atoms with Crippen molar-refractivity contribution in [2.75, 3.05) is 33.3 Å². The Morgan fingerprint density at radius 2 is 1.90 bits per heavy atom. The average molecular weight is 408 g/mol. The van der Waals surface area contributed by atoms with Gasteiger partial charge in [0.1, 0.15) is 5.75 Å². The van der Waals surface area contributed by atoms with Crippen molar-refractivity contribution >= 4 is 5.91 Å². The van der Waals surface area contributed by atoms with E-state index in [-0.39, 0.29) is 5.91 Å². The SMILES string of the molecule is COc1cccc(Cc2cccc([C@H]3CCCN(C4CCN(C(C)=O)CC4)C3)n2)c1. The Kier molecular flexibility index (Phi) is 6.68. The molecular formula is C25H33N3O2. The molecule has 0 bridgehead atoms. The zero-order valence-corrected chi connectivity index (χ0v) is 18.2. The molecule has 4 rings (SSSR count). The smallest absolute Gasteiger partial charge is 0.219 e. The van der Waals surface area contributed by atoms with Crippen molar-refractivity contribution in [3.05, 3.63) is 59.4 Å². The summed E-state index contributed by atoms with van der Waals surface area (Å²) in [4.78, 5) is 21.3. The van der Waals surface area contributed by atoms with E-state index in [2.05, 4.69) is 35.2 Å². The summed E-state index contributed by atoms with van der Waals surface area (Å²) in [7, 11) is 1.71. The number of nitrogens with zero attached hydrogens (tertiary/aromatic N) is 3. The molecule has 5 heteroatoms. The lowest BCUT2D eigenvalue weighted by atomic mass is 9.91. The van der Waals surface area contributed by atoms with Crippen LogP contribution < -0.4 is 4.74 Å². The molecule has 1 aromatic heterocycles. The van der Waals surface area contributed by atoms with Gasteiger partial charge >= 0.3 is 0 Å². The highest BCUT2D eigenvalue weighted by Crippen LogP contribution is 2.29. The molecule has 1 aromatic carbocycles. The van der Waals surface area contributed by atoms with Crippen molar-refractivity contribution in [3.63, 3.8) is 0 Å². The highest BCUT2D eigenvalue weighted by atomic mass is 16.5. The van der Waals surface area contributed by atoms with Gasteiger partial charge in [-0.3, -0.25) is 14.7 Å². The summed E-state index contributed by atoms with van der Waals surface area (Å²) in [6, 6.07) is 15.3. The second kappa shape index (κ2) is 9.61. The van der Waals surface area contributed by atoms with E-state index >= 15 is 0 Å². The summed E-state index contributed by atoms with van der Waals surface area (Å²) >= 11 is 0. The number of likely N-dealkylation sites (tertiary alicyclic amines) is 2. The Labute approximate surface area is 180 Å². The summed E-state index contributed by atoms with van der Waals surface area (Å²) in [5.41, 5.74) is 3.57. The summed E-state index contributed by atoms with van der Waals surface area (Å²) in [5.74, 6) is 1.60. The first-order valence-corrected chi connectivity index (χ1v) is 11.2. The van der Waals surface area contributed by atoms with Crippen LogP contribution in [0.1, 0.15) is 55.5 Å². The molecule has 2 aliphatic rings. The van der Waals surface area contributed by atoms with Gasteiger partial charge in [0, 0.05) is 56.3 Å². The number of pyridine rings is 1. The zero-order valence-electron chi connectivity index (χ0n) is 18.2. The Bertz CT molecular complexity index is 861. The molecule has 2 saturated heterocycles. The molecule has 0 unspecified atom stereocenters. The zero-order chi connectivity index (χ0) is 20.9. The van der Waals surface area contributed by atoms with Crippen molar-refractivity contribution in [3.8, 4) is 5.75 Å². The fourth-order valence-electron chi connectivity index (χ4n) is 4.94. The predicted molar refractivity (Wildman–Crippen MR) is 119 cm³/mol. The number of hydrogen-bond acceptors (Lipinski definition) is 4. The molecule has 5 nitrogen and oxygen atoms in total. The van der Waals surface area contributed by atoms with Crippen LogP contribution in [0.25, 0.3) is 0 Å². The summed E-state index contributed by atoms with van der Waals surface area (Å²) in [6.07, 6.45) is 5.44. The second-order valence-electron chi connectivity index (χ2n) is 8.65.